The molecule has 9 nitrogen and oxygen atoms in total. The highest BCUT2D eigenvalue weighted by Crippen LogP contribution is 2.30. The van der Waals surface area contributed by atoms with E-state index in [1.807, 2.05) is 0 Å². The molecule has 1 fully saturated rings. The molecule has 0 saturated carbocycles. The Morgan fingerprint density at radius 1 is 1.09 bits per heavy atom. The Bertz CT molecular complexity index is 1400. The summed E-state index contributed by atoms with van der Waals surface area (Å²) in [6.07, 6.45) is 1.77. The number of thiazole rings is 1. The third-order valence-electron chi connectivity index (χ3n) is 5.20. The Morgan fingerprint density at radius 3 is 2.53 bits per heavy atom. The molecular formula is C21H19N5O4S2. The van der Waals surface area contributed by atoms with E-state index in [-0.39, 0.29) is 10.8 Å². The number of aryl methyl sites for hydroxylation is 1. The molecule has 0 atom stereocenters. The summed E-state index contributed by atoms with van der Waals surface area (Å²) in [7, 11) is -3.50. The number of carbonyl (C=O) groups excluding carboxylic acids is 1. The minimum absolute atomic E-state index is 0.250. The second-order valence-corrected chi connectivity index (χ2v) is 10.4. The van der Waals surface area contributed by atoms with E-state index in [9.17, 15) is 13.2 Å². The summed E-state index contributed by atoms with van der Waals surface area (Å²) in [6, 6.07) is 11.7. The van der Waals surface area contributed by atoms with Crippen molar-refractivity contribution < 1.29 is 17.7 Å². The fourth-order valence-corrected chi connectivity index (χ4v) is 6.06. The second kappa shape index (κ2) is 8.08. The fraction of sp³-hybridized carbons (Fsp3) is 0.238. The van der Waals surface area contributed by atoms with Gasteiger partial charge in [0, 0.05) is 24.2 Å². The first-order chi connectivity index (χ1) is 15.4. The first kappa shape index (κ1) is 20.7. The van der Waals surface area contributed by atoms with Crippen LogP contribution in [0.3, 0.4) is 0 Å². The van der Waals surface area contributed by atoms with Crippen molar-refractivity contribution in [3.8, 4) is 11.5 Å². The van der Waals surface area contributed by atoms with Gasteiger partial charge in [-0.05, 0) is 62.2 Å². The standard InChI is InChI=1S/C21H19N5O4S2/c1-13-22-20(30-25-13)15-6-4-14(5-7-15)19(27)24-21-23-17-9-8-16(12-18(17)31-21)32(28,29)26-10-2-3-11-26/h4-9,12H,2-3,10-11H2,1H3,(H,23,24,27). The third-order valence-corrected chi connectivity index (χ3v) is 8.03. The number of nitrogens with zero attached hydrogens (tertiary/aromatic N) is 4. The van der Waals surface area contributed by atoms with Crippen LogP contribution in [0.25, 0.3) is 21.7 Å². The molecular weight excluding hydrogens is 450 g/mol. The van der Waals surface area contributed by atoms with Crippen molar-refractivity contribution in [1.29, 1.82) is 0 Å². The van der Waals surface area contributed by atoms with Crippen LogP contribution in [0.15, 0.2) is 51.9 Å². The Labute approximate surface area is 188 Å². The van der Waals surface area contributed by atoms with Gasteiger partial charge in [-0.25, -0.2) is 13.4 Å². The molecule has 0 unspecified atom stereocenters. The molecule has 1 N–H and O–H groups in total. The van der Waals surface area contributed by atoms with Crippen molar-refractivity contribution in [2.24, 2.45) is 0 Å². The minimum Gasteiger partial charge on any atom is -0.334 e. The fourth-order valence-electron chi connectivity index (χ4n) is 3.54. The van der Waals surface area contributed by atoms with Gasteiger partial charge in [0.25, 0.3) is 11.8 Å². The number of benzene rings is 2. The van der Waals surface area contributed by atoms with Crippen molar-refractivity contribution >= 4 is 42.6 Å². The minimum atomic E-state index is -3.50. The monoisotopic (exact) mass is 469 g/mol. The molecule has 5 rings (SSSR count). The van der Waals surface area contributed by atoms with E-state index in [1.165, 1.54) is 15.6 Å². The molecule has 164 valence electrons. The predicted molar refractivity (Wildman–Crippen MR) is 120 cm³/mol. The highest BCUT2D eigenvalue weighted by atomic mass is 32.2. The highest BCUT2D eigenvalue weighted by molar-refractivity contribution is 7.89. The number of aromatic nitrogens is 3. The molecule has 4 aromatic rings. The molecule has 2 aromatic heterocycles. The first-order valence-electron chi connectivity index (χ1n) is 10.0. The van der Waals surface area contributed by atoms with E-state index < -0.39 is 10.0 Å². The maximum absolute atomic E-state index is 12.8. The van der Waals surface area contributed by atoms with E-state index in [0.717, 1.165) is 12.8 Å². The van der Waals surface area contributed by atoms with Crippen molar-refractivity contribution in [3.63, 3.8) is 0 Å². The maximum Gasteiger partial charge on any atom is 0.257 e. The lowest BCUT2D eigenvalue weighted by atomic mass is 10.1. The second-order valence-electron chi connectivity index (χ2n) is 7.44. The number of anilines is 1. The van der Waals surface area contributed by atoms with Gasteiger partial charge >= 0.3 is 0 Å². The molecule has 0 aliphatic carbocycles. The van der Waals surface area contributed by atoms with Gasteiger partial charge in [0.05, 0.1) is 15.1 Å². The molecule has 2 aromatic carbocycles. The quantitative estimate of drug-likeness (QED) is 0.473. The number of amides is 1. The Balaban J connectivity index is 1.34. The Morgan fingerprint density at radius 2 is 1.84 bits per heavy atom. The van der Waals surface area contributed by atoms with Crippen LogP contribution in [0.4, 0.5) is 5.13 Å². The molecule has 32 heavy (non-hydrogen) atoms. The molecule has 11 heteroatoms. The van der Waals surface area contributed by atoms with Gasteiger partial charge in [-0.3, -0.25) is 10.1 Å². The molecule has 1 amide bonds. The summed E-state index contributed by atoms with van der Waals surface area (Å²) in [6.45, 7) is 2.84. The summed E-state index contributed by atoms with van der Waals surface area (Å²) >= 11 is 1.24. The number of fused-ring (bicyclic) bond motifs is 1. The van der Waals surface area contributed by atoms with Gasteiger partial charge < -0.3 is 4.52 Å². The van der Waals surface area contributed by atoms with E-state index in [4.69, 9.17) is 4.52 Å². The number of rotatable bonds is 5. The summed E-state index contributed by atoms with van der Waals surface area (Å²) < 4.78 is 32.9. The van der Waals surface area contributed by atoms with Crippen LogP contribution in [0, 0.1) is 6.92 Å². The average molecular weight is 470 g/mol. The number of hydrogen-bond donors (Lipinski definition) is 1. The third kappa shape index (κ3) is 3.90. The highest BCUT2D eigenvalue weighted by Gasteiger charge is 2.27. The molecule has 1 saturated heterocycles. The van der Waals surface area contributed by atoms with Crippen LogP contribution in [-0.4, -0.2) is 46.8 Å². The van der Waals surface area contributed by atoms with Crippen LogP contribution in [0.5, 0.6) is 0 Å². The van der Waals surface area contributed by atoms with E-state index in [0.29, 0.717) is 51.3 Å². The maximum atomic E-state index is 12.8. The lowest BCUT2D eigenvalue weighted by molar-refractivity contribution is 0.102. The largest absolute Gasteiger partial charge is 0.334 e. The average Bonchev–Trinajstić information content (AvgIpc) is 3.54. The van der Waals surface area contributed by atoms with E-state index in [1.54, 1.807) is 49.4 Å². The van der Waals surface area contributed by atoms with Crippen LogP contribution in [0.1, 0.15) is 29.0 Å². The normalized spacial score (nSPS) is 14.8. The van der Waals surface area contributed by atoms with Crippen molar-refractivity contribution in [2.45, 2.75) is 24.7 Å². The molecule has 0 radical (unpaired) electrons. The van der Waals surface area contributed by atoms with Crippen molar-refractivity contribution in [1.82, 2.24) is 19.4 Å². The summed E-state index contributed by atoms with van der Waals surface area (Å²) in [5.41, 5.74) is 1.79. The van der Waals surface area contributed by atoms with Gasteiger partial charge in [-0.2, -0.15) is 9.29 Å². The lowest BCUT2D eigenvalue weighted by Gasteiger charge is -2.15. The Kier molecular flexibility index (Phi) is 5.24. The number of sulfonamides is 1. The molecule has 1 aliphatic heterocycles. The topological polar surface area (TPSA) is 118 Å². The SMILES string of the molecule is Cc1noc(-c2ccc(C(=O)Nc3nc4ccc(S(=O)(=O)N5CCCC5)cc4s3)cc2)n1. The molecule has 1 aliphatic rings. The summed E-state index contributed by atoms with van der Waals surface area (Å²) in [4.78, 5) is 21.5. The first-order valence-corrected chi connectivity index (χ1v) is 12.3. The zero-order valence-electron chi connectivity index (χ0n) is 17.1. The summed E-state index contributed by atoms with van der Waals surface area (Å²) in [5.74, 6) is 0.608. The zero-order valence-corrected chi connectivity index (χ0v) is 18.7. The number of hydrogen-bond acceptors (Lipinski definition) is 8. The summed E-state index contributed by atoms with van der Waals surface area (Å²) in [5, 5.41) is 6.94. The van der Waals surface area contributed by atoms with Gasteiger partial charge in [0.15, 0.2) is 11.0 Å². The van der Waals surface area contributed by atoms with Gasteiger partial charge in [-0.15, -0.1) is 0 Å². The molecule has 3 heterocycles. The van der Waals surface area contributed by atoms with Gasteiger partial charge in [0.1, 0.15) is 0 Å². The van der Waals surface area contributed by atoms with E-state index in [2.05, 4.69) is 20.4 Å². The van der Waals surface area contributed by atoms with E-state index >= 15 is 0 Å². The van der Waals surface area contributed by atoms with Crippen molar-refractivity contribution in [3.05, 3.63) is 53.9 Å². The number of nitrogens with one attached hydrogen (secondary N) is 1. The molecule has 0 spiro atoms. The van der Waals surface area contributed by atoms with Crippen LogP contribution in [0.2, 0.25) is 0 Å². The van der Waals surface area contributed by atoms with Crippen LogP contribution >= 0.6 is 11.3 Å². The number of carbonyl (C=O) groups is 1. The zero-order chi connectivity index (χ0) is 22.3. The lowest BCUT2D eigenvalue weighted by Crippen LogP contribution is -2.27. The predicted octanol–water partition coefficient (Wildman–Crippen LogP) is 3.69. The Hall–Kier alpha value is -3.15. The van der Waals surface area contributed by atoms with Crippen molar-refractivity contribution in [2.75, 3.05) is 18.4 Å². The van der Waals surface area contributed by atoms with Gasteiger partial charge in [0.2, 0.25) is 10.0 Å². The molecule has 0 bridgehead atoms. The smallest absolute Gasteiger partial charge is 0.257 e. The van der Waals surface area contributed by atoms with Crippen LogP contribution < -0.4 is 5.32 Å². The van der Waals surface area contributed by atoms with Gasteiger partial charge in [-0.1, -0.05) is 16.5 Å². The van der Waals surface area contributed by atoms with Crippen LogP contribution in [-0.2, 0) is 10.0 Å².